The van der Waals surface area contributed by atoms with Crippen molar-refractivity contribution in [2.24, 2.45) is 5.73 Å². The van der Waals surface area contributed by atoms with Crippen LogP contribution in [0.15, 0.2) is 45.5 Å². The van der Waals surface area contributed by atoms with E-state index in [0.29, 0.717) is 13.1 Å². The zero-order chi connectivity index (χ0) is 13.8. The van der Waals surface area contributed by atoms with Gasteiger partial charge in [-0.1, -0.05) is 27.5 Å². The molecule has 1 heterocycles. The Bertz CT molecular complexity index is 530. The summed E-state index contributed by atoms with van der Waals surface area (Å²) >= 11 is 9.74. The first-order chi connectivity index (χ1) is 9.11. The van der Waals surface area contributed by atoms with E-state index in [1.165, 1.54) is 0 Å². The van der Waals surface area contributed by atoms with Crippen LogP contribution in [0.2, 0.25) is 5.02 Å². The molecule has 19 heavy (non-hydrogen) atoms. The summed E-state index contributed by atoms with van der Waals surface area (Å²) in [5.41, 5.74) is 6.93. The highest BCUT2D eigenvalue weighted by Gasteiger charge is 2.19. The van der Waals surface area contributed by atoms with E-state index in [2.05, 4.69) is 20.8 Å². The largest absolute Gasteiger partial charge is 0.468 e. The minimum atomic E-state index is 0.0510. The van der Waals surface area contributed by atoms with Gasteiger partial charge in [0.05, 0.1) is 12.8 Å². The Balaban J connectivity index is 2.21. The fourth-order valence-corrected chi connectivity index (χ4v) is 2.70. The summed E-state index contributed by atoms with van der Waals surface area (Å²) in [6.45, 7) is 1.19. The number of benzene rings is 1. The van der Waals surface area contributed by atoms with Gasteiger partial charge < -0.3 is 10.2 Å². The van der Waals surface area contributed by atoms with E-state index in [1.807, 2.05) is 37.4 Å². The average Bonchev–Trinajstić information content (AvgIpc) is 2.87. The molecule has 2 N–H and O–H groups in total. The number of rotatable bonds is 5. The first-order valence-electron chi connectivity index (χ1n) is 5.99. The third-order valence-corrected chi connectivity index (χ3v) is 3.90. The summed E-state index contributed by atoms with van der Waals surface area (Å²) in [6.07, 6.45) is 1.67. The first kappa shape index (κ1) is 14.6. The second-order valence-electron chi connectivity index (χ2n) is 4.41. The van der Waals surface area contributed by atoms with Crippen molar-refractivity contribution in [2.75, 3.05) is 13.6 Å². The molecule has 0 saturated heterocycles. The molecule has 0 radical (unpaired) electrons. The lowest BCUT2D eigenvalue weighted by molar-refractivity contribution is 0.223. The molecule has 3 nitrogen and oxygen atoms in total. The summed E-state index contributed by atoms with van der Waals surface area (Å²) in [6, 6.07) is 9.70. The standard InChI is InChI=1S/C14H16BrClN2O/c1-18(9-11-3-2-6-19-11)14(8-17)12-7-10(15)4-5-13(12)16/h2-7,14H,8-9,17H2,1H3. The molecular formula is C14H16BrClN2O. The predicted molar refractivity (Wildman–Crippen MR) is 81.1 cm³/mol. The lowest BCUT2D eigenvalue weighted by Gasteiger charge is -2.27. The van der Waals surface area contributed by atoms with E-state index in [1.54, 1.807) is 6.26 Å². The number of likely N-dealkylation sites (N-methyl/N-ethyl adjacent to an activating group) is 1. The minimum Gasteiger partial charge on any atom is -0.468 e. The number of hydrogen-bond donors (Lipinski definition) is 1. The van der Waals surface area contributed by atoms with Crippen molar-refractivity contribution in [3.05, 3.63) is 57.4 Å². The van der Waals surface area contributed by atoms with Gasteiger partial charge in [-0.15, -0.1) is 0 Å². The molecule has 0 amide bonds. The van der Waals surface area contributed by atoms with Gasteiger partial charge in [-0.2, -0.15) is 0 Å². The van der Waals surface area contributed by atoms with Crippen molar-refractivity contribution in [3.63, 3.8) is 0 Å². The molecule has 0 aliphatic rings. The Labute approximate surface area is 126 Å². The van der Waals surface area contributed by atoms with Crippen molar-refractivity contribution in [2.45, 2.75) is 12.6 Å². The molecule has 0 bridgehead atoms. The SMILES string of the molecule is CN(Cc1ccco1)C(CN)c1cc(Br)ccc1Cl. The minimum absolute atomic E-state index is 0.0510. The number of hydrogen-bond acceptors (Lipinski definition) is 3. The van der Waals surface area contributed by atoms with Crippen molar-refractivity contribution in [1.82, 2.24) is 4.90 Å². The van der Waals surface area contributed by atoms with Crippen molar-refractivity contribution >= 4 is 27.5 Å². The van der Waals surface area contributed by atoms with Crippen molar-refractivity contribution in [1.29, 1.82) is 0 Å². The van der Waals surface area contributed by atoms with Gasteiger partial charge in [0.15, 0.2) is 0 Å². The van der Waals surface area contributed by atoms with Crippen LogP contribution in [0.5, 0.6) is 0 Å². The quantitative estimate of drug-likeness (QED) is 0.897. The van der Waals surface area contributed by atoms with Crippen LogP contribution in [0, 0.1) is 0 Å². The molecular weight excluding hydrogens is 328 g/mol. The highest BCUT2D eigenvalue weighted by atomic mass is 79.9. The van der Waals surface area contributed by atoms with Crippen LogP contribution in [-0.2, 0) is 6.54 Å². The summed E-state index contributed by atoms with van der Waals surface area (Å²) in [5, 5.41) is 0.727. The molecule has 0 spiro atoms. The molecule has 0 aliphatic carbocycles. The van der Waals surface area contributed by atoms with E-state index >= 15 is 0 Å². The maximum Gasteiger partial charge on any atom is 0.117 e. The third kappa shape index (κ3) is 3.60. The van der Waals surface area contributed by atoms with E-state index in [9.17, 15) is 0 Å². The van der Waals surface area contributed by atoms with E-state index < -0.39 is 0 Å². The van der Waals surface area contributed by atoms with Crippen LogP contribution in [0.3, 0.4) is 0 Å². The van der Waals surface area contributed by atoms with Crippen LogP contribution >= 0.6 is 27.5 Å². The molecule has 2 aromatic rings. The highest BCUT2D eigenvalue weighted by molar-refractivity contribution is 9.10. The lowest BCUT2D eigenvalue weighted by atomic mass is 10.1. The molecule has 1 aromatic carbocycles. The van der Waals surface area contributed by atoms with Gasteiger partial charge in [-0.3, -0.25) is 4.90 Å². The molecule has 2 rings (SSSR count). The van der Waals surface area contributed by atoms with Gasteiger partial charge in [0, 0.05) is 22.1 Å². The molecule has 5 heteroatoms. The van der Waals surface area contributed by atoms with Crippen LogP contribution in [0.1, 0.15) is 17.4 Å². The molecule has 0 fully saturated rings. The molecule has 0 aliphatic heterocycles. The van der Waals surface area contributed by atoms with E-state index in [-0.39, 0.29) is 6.04 Å². The van der Waals surface area contributed by atoms with Gasteiger partial charge >= 0.3 is 0 Å². The Morgan fingerprint density at radius 1 is 1.42 bits per heavy atom. The summed E-state index contributed by atoms with van der Waals surface area (Å²) < 4.78 is 6.36. The molecule has 1 atom stereocenters. The topological polar surface area (TPSA) is 42.4 Å². The fourth-order valence-electron chi connectivity index (χ4n) is 2.07. The molecule has 0 saturated carbocycles. The first-order valence-corrected chi connectivity index (χ1v) is 7.16. The maximum atomic E-state index is 6.27. The lowest BCUT2D eigenvalue weighted by Crippen LogP contribution is -2.30. The maximum absolute atomic E-state index is 6.27. The summed E-state index contributed by atoms with van der Waals surface area (Å²) in [4.78, 5) is 2.13. The number of nitrogens with two attached hydrogens (primary N) is 1. The van der Waals surface area contributed by atoms with Gasteiger partial charge in [-0.05, 0) is 42.9 Å². The highest BCUT2D eigenvalue weighted by Crippen LogP contribution is 2.29. The van der Waals surface area contributed by atoms with Crippen LogP contribution in [0.25, 0.3) is 0 Å². The van der Waals surface area contributed by atoms with Gasteiger partial charge in [-0.25, -0.2) is 0 Å². The fraction of sp³-hybridized carbons (Fsp3) is 0.286. The summed E-state index contributed by atoms with van der Waals surface area (Å²) in [5.74, 6) is 0.909. The molecule has 1 aromatic heterocycles. The predicted octanol–water partition coefficient (Wildman–Crippen LogP) is 3.83. The third-order valence-electron chi connectivity index (χ3n) is 3.06. The Kier molecular flexibility index (Phi) is 5.05. The summed E-state index contributed by atoms with van der Waals surface area (Å²) in [7, 11) is 2.01. The van der Waals surface area contributed by atoms with Crippen LogP contribution in [-0.4, -0.2) is 18.5 Å². The number of nitrogens with zero attached hydrogens (tertiary/aromatic N) is 1. The van der Waals surface area contributed by atoms with Crippen LogP contribution in [0.4, 0.5) is 0 Å². The van der Waals surface area contributed by atoms with Crippen LogP contribution < -0.4 is 5.73 Å². The smallest absolute Gasteiger partial charge is 0.117 e. The average molecular weight is 344 g/mol. The van der Waals surface area contributed by atoms with Gasteiger partial charge in [0.1, 0.15) is 5.76 Å². The molecule has 1 unspecified atom stereocenters. The van der Waals surface area contributed by atoms with E-state index in [4.69, 9.17) is 21.8 Å². The van der Waals surface area contributed by atoms with Crippen molar-refractivity contribution in [3.8, 4) is 0 Å². The Morgan fingerprint density at radius 3 is 2.84 bits per heavy atom. The number of halogens is 2. The second kappa shape index (κ2) is 6.57. The van der Waals surface area contributed by atoms with Crippen molar-refractivity contribution < 1.29 is 4.42 Å². The Hall–Kier alpha value is -0.810. The molecule has 102 valence electrons. The van der Waals surface area contributed by atoms with Gasteiger partial charge in [0.25, 0.3) is 0 Å². The monoisotopic (exact) mass is 342 g/mol. The van der Waals surface area contributed by atoms with Gasteiger partial charge in [0.2, 0.25) is 0 Å². The van der Waals surface area contributed by atoms with E-state index in [0.717, 1.165) is 20.8 Å². The zero-order valence-corrected chi connectivity index (χ0v) is 13.0. The second-order valence-corrected chi connectivity index (χ2v) is 5.73. The Morgan fingerprint density at radius 2 is 2.21 bits per heavy atom. The normalized spacial score (nSPS) is 12.9. The zero-order valence-electron chi connectivity index (χ0n) is 10.6. The number of furan rings is 1.